The third-order valence-electron chi connectivity index (χ3n) is 4.24. The summed E-state index contributed by atoms with van der Waals surface area (Å²) in [5, 5.41) is 3.27. The van der Waals surface area contributed by atoms with Gasteiger partial charge in [-0.3, -0.25) is 4.79 Å². The van der Waals surface area contributed by atoms with Crippen LogP contribution in [0.3, 0.4) is 0 Å². The molecule has 0 aliphatic carbocycles. The van der Waals surface area contributed by atoms with E-state index >= 15 is 0 Å². The van der Waals surface area contributed by atoms with Crippen LogP contribution in [0.15, 0.2) is 18.2 Å². The fourth-order valence-corrected chi connectivity index (χ4v) is 2.91. The first-order chi connectivity index (χ1) is 10.6. The Morgan fingerprint density at radius 3 is 2.68 bits per heavy atom. The molecule has 1 amide bonds. The summed E-state index contributed by atoms with van der Waals surface area (Å²) in [7, 11) is 1.72. The Hall–Kier alpha value is -1.55. The second kappa shape index (κ2) is 8.18. The minimum absolute atomic E-state index is 0.291. The number of amides is 1. The maximum absolute atomic E-state index is 12.1. The number of carbonyl (C=O) groups is 1. The van der Waals surface area contributed by atoms with E-state index < -0.39 is 0 Å². The van der Waals surface area contributed by atoms with Crippen molar-refractivity contribution in [3.8, 4) is 5.75 Å². The molecule has 1 fully saturated rings. The summed E-state index contributed by atoms with van der Waals surface area (Å²) in [6.45, 7) is 7.88. The molecule has 22 heavy (non-hydrogen) atoms. The highest BCUT2D eigenvalue weighted by Gasteiger charge is 2.15. The SMILES string of the molecule is COc1ccc(CCCC(=O)N2CCNCC2)cc1C(C)C. The second-order valence-electron chi connectivity index (χ2n) is 6.22. The van der Waals surface area contributed by atoms with Crippen molar-refractivity contribution >= 4 is 5.91 Å². The Morgan fingerprint density at radius 2 is 2.05 bits per heavy atom. The van der Waals surface area contributed by atoms with Crippen molar-refractivity contribution in [1.29, 1.82) is 0 Å². The highest BCUT2D eigenvalue weighted by molar-refractivity contribution is 5.76. The van der Waals surface area contributed by atoms with Crippen molar-refractivity contribution in [2.75, 3.05) is 33.3 Å². The van der Waals surface area contributed by atoms with Crippen LogP contribution >= 0.6 is 0 Å². The molecule has 4 nitrogen and oxygen atoms in total. The van der Waals surface area contributed by atoms with Gasteiger partial charge in [-0.2, -0.15) is 0 Å². The predicted octanol–water partition coefficient (Wildman–Crippen LogP) is 2.57. The van der Waals surface area contributed by atoms with Crippen molar-refractivity contribution in [1.82, 2.24) is 10.2 Å². The molecule has 1 aliphatic rings. The molecule has 4 heteroatoms. The van der Waals surface area contributed by atoms with Gasteiger partial charge in [0.25, 0.3) is 0 Å². The summed E-state index contributed by atoms with van der Waals surface area (Å²) < 4.78 is 5.42. The van der Waals surface area contributed by atoms with Gasteiger partial charge in [0.15, 0.2) is 0 Å². The Bertz CT molecular complexity index is 494. The van der Waals surface area contributed by atoms with Gasteiger partial charge in [-0.15, -0.1) is 0 Å². The predicted molar refractivity (Wildman–Crippen MR) is 89.5 cm³/mol. The van der Waals surface area contributed by atoms with E-state index in [4.69, 9.17) is 4.74 Å². The van der Waals surface area contributed by atoms with Crippen LogP contribution in [-0.4, -0.2) is 44.1 Å². The smallest absolute Gasteiger partial charge is 0.222 e. The van der Waals surface area contributed by atoms with E-state index in [2.05, 4.69) is 31.3 Å². The number of aryl methyl sites for hydroxylation is 1. The van der Waals surface area contributed by atoms with Crippen molar-refractivity contribution in [2.45, 2.75) is 39.0 Å². The highest BCUT2D eigenvalue weighted by atomic mass is 16.5. The van der Waals surface area contributed by atoms with Crippen LogP contribution in [0.5, 0.6) is 5.75 Å². The van der Waals surface area contributed by atoms with Crippen LogP contribution in [0.25, 0.3) is 0 Å². The zero-order valence-corrected chi connectivity index (χ0v) is 14.0. The maximum Gasteiger partial charge on any atom is 0.222 e. The molecule has 1 saturated heterocycles. The fourth-order valence-electron chi connectivity index (χ4n) is 2.91. The molecule has 1 heterocycles. The van der Waals surface area contributed by atoms with Gasteiger partial charge < -0.3 is 15.0 Å². The molecule has 1 aromatic carbocycles. The summed E-state index contributed by atoms with van der Waals surface area (Å²) in [5.41, 5.74) is 2.53. The Morgan fingerprint density at radius 1 is 1.32 bits per heavy atom. The average Bonchev–Trinajstić information content (AvgIpc) is 2.55. The molecule has 1 aliphatic heterocycles. The molecular formula is C18H28N2O2. The highest BCUT2D eigenvalue weighted by Crippen LogP contribution is 2.27. The first-order valence-corrected chi connectivity index (χ1v) is 8.27. The van der Waals surface area contributed by atoms with Crippen molar-refractivity contribution < 1.29 is 9.53 Å². The first kappa shape index (κ1) is 16.8. The molecule has 0 radical (unpaired) electrons. The lowest BCUT2D eigenvalue weighted by Crippen LogP contribution is -2.46. The van der Waals surface area contributed by atoms with Crippen LogP contribution in [0, 0.1) is 0 Å². The normalized spacial score (nSPS) is 15.2. The molecule has 0 saturated carbocycles. The Labute approximate surface area is 133 Å². The van der Waals surface area contributed by atoms with Crippen LogP contribution in [-0.2, 0) is 11.2 Å². The number of carbonyl (C=O) groups excluding carboxylic acids is 1. The van der Waals surface area contributed by atoms with Crippen molar-refractivity contribution in [3.05, 3.63) is 29.3 Å². The molecule has 0 bridgehead atoms. The lowest BCUT2D eigenvalue weighted by molar-refractivity contribution is -0.131. The number of hydrogen-bond donors (Lipinski definition) is 1. The second-order valence-corrected chi connectivity index (χ2v) is 6.22. The van der Waals surface area contributed by atoms with E-state index in [-0.39, 0.29) is 0 Å². The van der Waals surface area contributed by atoms with Gasteiger partial charge in [0.05, 0.1) is 7.11 Å². The number of piperazine rings is 1. The van der Waals surface area contributed by atoms with E-state index in [1.54, 1.807) is 7.11 Å². The van der Waals surface area contributed by atoms with Crippen molar-refractivity contribution in [2.24, 2.45) is 0 Å². The molecular weight excluding hydrogens is 276 g/mol. The average molecular weight is 304 g/mol. The zero-order valence-electron chi connectivity index (χ0n) is 14.0. The summed E-state index contributed by atoms with van der Waals surface area (Å²) in [6.07, 6.45) is 2.50. The summed E-state index contributed by atoms with van der Waals surface area (Å²) >= 11 is 0. The molecule has 0 unspecified atom stereocenters. The number of methoxy groups -OCH3 is 1. The minimum Gasteiger partial charge on any atom is -0.496 e. The number of hydrogen-bond acceptors (Lipinski definition) is 3. The molecule has 2 rings (SSSR count). The Kier molecular flexibility index (Phi) is 6.25. The number of nitrogens with zero attached hydrogens (tertiary/aromatic N) is 1. The van der Waals surface area contributed by atoms with Gasteiger partial charge in [0.2, 0.25) is 5.91 Å². The summed E-state index contributed by atoms with van der Waals surface area (Å²) in [6, 6.07) is 6.38. The van der Waals surface area contributed by atoms with Gasteiger partial charge in [-0.1, -0.05) is 26.0 Å². The molecule has 0 aromatic heterocycles. The molecule has 122 valence electrons. The number of benzene rings is 1. The summed E-state index contributed by atoms with van der Waals surface area (Å²) in [5.74, 6) is 1.69. The largest absolute Gasteiger partial charge is 0.496 e. The monoisotopic (exact) mass is 304 g/mol. The lowest BCUT2D eigenvalue weighted by Gasteiger charge is -2.27. The van der Waals surface area contributed by atoms with Crippen molar-refractivity contribution in [3.63, 3.8) is 0 Å². The molecule has 0 atom stereocenters. The fraction of sp³-hybridized carbons (Fsp3) is 0.611. The van der Waals surface area contributed by atoms with Gasteiger partial charge in [0, 0.05) is 32.6 Å². The van der Waals surface area contributed by atoms with Gasteiger partial charge in [-0.25, -0.2) is 0 Å². The van der Waals surface area contributed by atoms with Crippen LogP contribution in [0.4, 0.5) is 0 Å². The van der Waals surface area contributed by atoms with E-state index in [1.807, 2.05) is 11.0 Å². The van der Waals surface area contributed by atoms with Crippen LogP contribution in [0.2, 0.25) is 0 Å². The van der Waals surface area contributed by atoms with E-state index in [0.717, 1.165) is 44.8 Å². The zero-order chi connectivity index (χ0) is 15.9. The van der Waals surface area contributed by atoms with Crippen LogP contribution in [0.1, 0.15) is 43.7 Å². The van der Waals surface area contributed by atoms with E-state index in [0.29, 0.717) is 18.2 Å². The topological polar surface area (TPSA) is 41.6 Å². The van der Waals surface area contributed by atoms with E-state index in [1.165, 1.54) is 11.1 Å². The first-order valence-electron chi connectivity index (χ1n) is 8.27. The molecule has 1 N–H and O–H groups in total. The minimum atomic E-state index is 0.291. The molecule has 1 aromatic rings. The lowest BCUT2D eigenvalue weighted by atomic mass is 9.97. The number of rotatable bonds is 6. The maximum atomic E-state index is 12.1. The summed E-state index contributed by atoms with van der Waals surface area (Å²) in [4.78, 5) is 14.1. The number of nitrogens with one attached hydrogen (secondary N) is 1. The third-order valence-corrected chi connectivity index (χ3v) is 4.24. The standard InChI is InChI=1S/C18H28N2O2/c1-14(2)16-13-15(7-8-17(16)22-3)5-4-6-18(21)20-11-9-19-10-12-20/h7-8,13-14,19H,4-6,9-12H2,1-3H3. The number of ether oxygens (including phenoxy) is 1. The Balaban J connectivity index is 1.86. The van der Waals surface area contributed by atoms with Gasteiger partial charge in [0.1, 0.15) is 5.75 Å². The van der Waals surface area contributed by atoms with Gasteiger partial charge >= 0.3 is 0 Å². The van der Waals surface area contributed by atoms with E-state index in [9.17, 15) is 4.79 Å². The molecule has 0 spiro atoms. The quantitative estimate of drug-likeness (QED) is 0.878. The van der Waals surface area contributed by atoms with Crippen LogP contribution < -0.4 is 10.1 Å². The van der Waals surface area contributed by atoms with Gasteiger partial charge in [-0.05, 0) is 36.0 Å². The third kappa shape index (κ3) is 4.47.